The molecule has 0 aliphatic rings. The SMILES string of the molecule is COc1ccc2cc(C(=O)Nc3ccccn3)ccc2c1. The van der Waals surface area contributed by atoms with Crippen LogP contribution in [0.1, 0.15) is 10.4 Å². The van der Waals surface area contributed by atoms with E-state index in [0.717, 1.165) is 16.5 Å². The lowest BCUT2D eigenvalue weighted by molar-refractivity contribution is 0.102. The molecular weight excluding hydrogens is 264 g/mol. The number of carbonyl (C=O) groups excluding carboxylic acids is 1. The summed E-state index contributed by atoms with van der Waals surface area (Å²) in [5.74, 6) is 1.16. The van der Waals surface area contributed by atoms with Crippen molar-refractivity contribution in [2.75, 3.05) is 12.4 Å². The largest absolute Gasteiger partial charge is 0.497 e. The van der Waals surface area contributed by atoms with Crippen molar-refractivity contribution in [3.05, 3.63) is 66.4 Å². The minimum absolute atomic E-state index is 0.175. The molecule has 4 nitrogen and oxygen atoms in total. The number of carbonyl (C=O) groups is 1. The summed E-state index contributed by atoms with van der Waals surface area (Å²) in [5, 5.41) is 4.79. The molecule has 0 saturated carbocycles. The van der Waals surface area contributed by atoms with E-state index >= 15 is 0 Å². The molecule has 3 aromatic rings. The van der Waals surface area contributed by atoms with Gasteiger partial charge in [0, 0.05) is 11.8 Å². The molecular formula is C17H14N2O2. The number of aromatic nitrogens is 1. The first-order valence-electron chi connectivity index (χ1n) is 6.56. The van der Waals surface area contributed by atoms with Gasteiger partial charge in [-0.25, -0.2) is 4.98 Å². The second kappa shape index (κ2) is 5.63. The number of hydrogen-bond donors (Lipinski definition) is 1. The molecule has 1 heterocycles. The van der Waals surface area contributed by atoms with Gasteiger partial charge in [0.05, 0.1) is 7.11 Å². The Kier molecular flexibility index (Phi) is 3.51. The lowest BCUT2D eigenvalue weighted by Crippen LogP contribution is -2.12. The van der Waals surface area contributed by atoms with Gasteiger partial charge in [0.25, 0.3) is 5.91 Å². The average molecular weight is 278 g/mol. The first kappa shape index (κ1) is 13.1. The molecule has 0 aliphatic carbocycles. The summed E-state index contributed by atoms with van der Waals surface area (Å²) >= 11 is 0. The van der Waals surface area contributed by atoms with Crippen molar-refractivity contribution in [1.82, 2.24) is 4.98 Å². The third-order valence-electron chi connectivity index (χ3n) is 3.22. The molecule has 1 aromatic heterocycles. The average Bonchev–Trinajstić information content (AvgIpc) is 2.54. The van der Waals surface area contributed by atoms with Gasteiger partial charge in [0.1, 0.15) is 11.6 Å². The smallest absolute Gasteiger partial charge is 0.256 e. The number of anilines is 1. The number of methoxy groups -OCH3 is 1. The van der Waals surface area contributed by atoms with Crippen LogP contribution in [0.4, 0.5) is 5.82 Å². The zero-order valence-corrected chi connectivity index (χ0v) is 11.5. The van der Waals surface area contributed by atoms with Crippen molar-refractivity contribution in [3.63, 3.8) is 0 Å². The first-order chi connectivity index (χ1) is 10.3. The molecule has 0 radical (unpaired) electrons. The third kappa shape index (κ3) is 2.84. The quantitative estimate of drug-likeness (QED) is 0.797. The summed E-state index contributed by atoms with van der Waals surface area (Å²) in [6, 6.07) is 16.7. The number of ether oxygens (including phenoxy) is 1. The van der Waals surface area contributed by atoms with E-state index in [9.17, 15) is 4.79 Å². The Balaban J connectivity index is 1.88. The van der Waals surface area contributed by atoms with E-state index in [1.807, 2.05) is 36.4 Å². The van der Waals surface area contributed by atoms with Crippen molar-refractivity contribution < 1.29 is 9.53 Å². The highest BCUT2D eigenvalue weighted by atomic mass is 16.5. The number of nitrogens with zero attached hydrogens (tertiary/aromatic N) is 1. The van der Waals surface area contributed by atoms with Crippen LogP contribution < -0.4 is 10.1 Å². The summed E-state index contributed by atoms with van der Waals surface area (Å²) in [6.45, 7) is 0. The summed E-state index contributed by atoms with van der Waals surface area (Å²) in [4.78, 5) is 16.3. The second-order valence-corrected chi connectivity index (χ2v) is 4.60. The Hall–Kier alpha value is -2.88. The maximum Gasteiger partial charge on any atom is 0.256 e. The Bertz CT molecular complexity index is 785. The predicted octanol–water partition coefficient (Wildman–Crippen LogP) is 3.50. The van der Waals surface area contributed by atoms with Crippen molar-refractivity contribution in [2.24, 2.45) is 0 Å². The van der Waals surface area contributed by atoms with Gasteiger partial charge >= 0.3 is 0 Å². The van der Waals surface area contributed by atoms with E-state index in [-0.39, 0.29) is 5.91 Å². The van der Waals surface area contributed by atoms with Crippen molar-refractivity contribution >= 4 is 22.5 Å². The number of fused-ring (bicyclic) bond motifs is 1. The van der Waals surface area contributed by atoms with Gasteiger partial charge in [0.15, 0.2) is 0 Å². The summed E-state index contributed by atoms with van der Waals surface area (Å²) < 4.78 is 5.19. The third-order valence-corrected chi connectivity index (χ3v) is 3.22. The van der Waals surface area contributed by atoms with Gasteiger partial charge in [-0.3, -0.25) is 4.79 Å². The summed E-state index contributed by atoms with van der Waals surface area (Å²) in [5.41, 5.74) is 0.596. The van der Waals surface area contributed by atoms with Crippen LogP contribution in [0.15, 0.2) is 60.8 Å². The van der Waals surface area contributed by atoms with E-state index < -0.39 is 0 Å². The van der Waals surface area contributed by atoms with Crippen LogP contribution in [0.25, 0.3) is 10.8 Å². The Morgan fingerprint density at radius 3 is 2.62 bits per heavy atom. The van der Waals surface area contributed by atoms with Crippen molar-refractivity contribution in [1.29, 1.82) is 0 Å². The lowest BCUT2D eigenvalue weighted by atomic mass is 10.1. The molecule has 104 valence electrons. The number of amides is 1. The van der Waals surface area contributed by atoms with Gasteiger partial charge in [0.2, 0.25) is 0 Å². The molecule has 0 spiro atoms. The molecule has 0 bridgehead atoms. The van der Waals surface area contributed by atoms with Gasteiger partial charge in [-0.05, 0) is 47.2 Å². The van der Waals surface area contributed by atoms with Gasteiger partial charge in [-0.1, -0.05) is 18.2 Å². The predicted molar refractivity (Wildman–Crippen MR) is 82.7 cm³/mol. The molecule has 1 N–H and O–H groups in total. The zero-order chi connectivity index (χ0) is 14.7. The molecule has 2 aromatic carbocycles. The molecule has 3 rings (SSSR count). The van der Waals surface area contributed by atoms with E-state index in [1.165, 1.54) is 0 Å². The van der Waals surface area contributed by atoms with Crippen LogP contribution in [0.2, 0.25) is 0 Å². The van der Waals surface area contributed by atoms with Crippen LogP contribution in [0, 0.1) is 0 Å². The minimum Gasteiger partial charge on any atom is -0.497 e. The van der Waals surface area contributed by atoms with E-state index in [4.69, 9.17) is 4.74 Å². The van der Waals surface area contributed by atoms with Crippen LogP contribution >= 0.6 is 0 Å². The molecule has 0 fully saturated rings. The van der Waals surface area contributed by atoms with Crippen LogP contribution in [-0.2, 0) is 0 Å². The van der Waals surface area contributed by atoms with E-state index in [1.54, 1.807) is 31.5 Å². The van der Waals surface area contributed by atoms with Crippen LogP contribution in [-0.4, -0.2) is 18.0 Å². The highest BCUT2D eigenvalue weighted by Gasteiger charge is 2.07. The monoisotopic (exact) mass is 278 g/mol. The Morgan fingerprint density at radius 2 is 1.86 bits per heavy atom. The van der Waals surface area contributed by atoms with Gasteiger partial charge in [-0.2, -0.15) is 0 Å². The van der Waals surface area contributed by atoms with Crippen LogP contribution in [0.5, 0.6) is 5.75 Å². The highest BCUT2D eigenvalue weighted by molar-refractivity contribution is 6.06. The number of rotatable bonds is 3. The topological polar surface area (TPSA) is 51.2 Å². The molecule has 4 heteroatoms. The number of hydrogen-bond acceptors (Lipinski definition) is 3. The first-order valence-corrected chi connectivity index (χ1v) is 6.56. The molecule has 0 atom stereocenters. The number of nitrogens with one attached hydrogen (secondary N) is 1. The normalized spacial score (nSPS) is 10.3. The fraction of sp³-hybridized carbons (Fsp3) is 0.0588. The highest BCUT2D eigenvalue weighted by Crippen LogP contribution is 2.22. The maximum atomic E-state index is 12.2. The standard InChI is InChI=1S/C17H14N2O2/c1-21-15-8-7-12-10-14(6-5-13(12)11-15)17(20)19-16-4-2-3-9-18-16/h2-11H,1H3,(H,18,19,20). The maximum absolute atomic E-state index is 12.2. The molecule has 0 saturated heterocycles. The number of benzene rings is 2. The molecule has 0 unspecified atom stereocenters. The van der Waals surface area contributed by atoms with E-state index in [2.05, 4.69) is 10.3 Å². The van der Waals surface area contributed by atoms with E-state index in [0.29, 0.717) is 11.4 Å². The van der Waals surface area contributed by atoms with Crippen molar-refractivity contribution in [2.45, 2.75) is 0 Å². The zero-order valence-electron chi connectivity index (χ0n) is 11.5. The lowest BCUT2D eigenvalue weighted by Gasteiger charge is -2.06. The van der Waals surface area contributed by atoms with Crippen molar-refractivity contribution in [3.8, 4) is 5.75 Å². The van der Waals surface area contributed by atoms with Crippen LogP contribution in [0.3, 0.4) is 0 Å². The fourth-order valence-corrected chi connectivity index (χ4v) is 2.12. The van der Waals surface area contributed by atoms with Gasteiger partial charge in [-0.15, -0.1) is 0 Å². The Morgan fingerprint density at radius 1 is 1.05 bits per heavy atom. The van der Waals surface area contributed by atoms with Gasteiger partial charge < -0.3 is 10.1 Å². The number of pyridine rings is 1. The summed E-state index contributed by atoms with van der Waals surface area (Å²) in [7, 11) is 1.63. The summed E-state index contributed by atoms with van der Waals surface area (Å²) in [6.07, 6.45) is 1.64. The second-order valence-electron chi connectivity index (χ2n) is 4.60. The fourth-order valence-electron chi connectivity index (χ4n) is 2.12. The molecule has 0 aliphatic heterocycles. The Labute approximate surface area is 122 Å². The molecule has 1 amide bonds. The minimum atomic E-state index is -0.175. The molecule has 21 heavy (non-hydrogen) atoms.